The Morgan fingerprint density at radius 1 is 1.17 bits per heavy atom. The van der Waals surface area contributed by atoms with E-state index in [4.69, 9.17) is 39.5 Å². The molecule has 0 bridgehead atoms. The second-order valence-corrected chi connectivity index (χ2v) is 6.11. The van der Waals surface area contributed by atoms with E-state index in [9.17, 15) is 9.59 Å². The fraction of sp³-hybridized carbons (Fsp3) is 0.188. The standard InChI is InChI=1S/C16H13Cl3N2O3/c1-9(10-2-4-12(17)13(18)6-10)21-15(22)8-24-16(23)11-3-5-14(19)20-7-11/h2-7,9H,8H2,1H3,(H,21,22). The van der Waals surface area contributed by atoms with Gasteiger partial charge in [-0.15, -0.1) is 0 Å². The summed E-state index contributed by atoms with van der Waals surface area (Å²) < 4.78 is 4.93. The normalized spacial score (nSPS) is 11.7. The smallest absolute Gasteiger partial charge is 0.340 e. The summed E-state index contributed by atoms with van der Waals surface area (Å²) in [7, 11) is 0. The summed E-state index contributed by atoms with van der Waals surface area (Å²) in [6, 6.07) is 7.68. The van der Waals surface area contributed by atoms with Crippen molar-refractivity contribution in [1.82, 2.24) is 10.3 Å². The third-order valence-electron chi connectivity index (χ3n) is 3.12. The van der Waals surface area contributed by atoms with Crippen LogP contribution in [0.25, 0.3) is 0 Å². The van der Waals surface area contributed by atoms with Crippen LogP contribution in [0.1, 0.15) is 28.9 Å². The Balaban J connectivity index is 1.87. The quantitative estimate of drug-likeness (QED) is 0.620. The van der Waals surface area contributed by atoms with E-state index in [0.717, 1.165) is 5.56 Å². The van der Waals surface area contributed by atoms with Crippen LogP contribution < -0.4 is 5.32 Å². The van der Waals surface area contributed by atoms with Gasteiger partial charge >= 0.3 is 5.97 Å². The summed E-state index contributed by atoms with van der Waals surface area (Å²) in [6.07, 6.45) is 1.28. The molecule has 0 saturated heterocycles. The van der Waals surface area contributed by atoms with E-state index in [1.165, 1.54) is 18.3 Å². The van der Waals surface area contributed by atoms with E-state index in [0.29, 0.717) is 10.0 Å². The van der Waals surface area contributed by atoms with Gasteiger partial charge in [0.15, 0.2) is 6.61 Å². The van der Waals surface area contributed by atoms with E-state index in [1.54, 1.807) is 25.1 Å². The Labute approximate surface area is 153 Å². The first-order valence-corrected chi connectivity index (χ1v) is 8.03. The fourth-order valence-corrected chi connectivity index (χ4v) is 2.28. The lowest BCUT2D eigenvalue weighted by Gasteiger charge is -2.15. The molecule has 2 rings (SSSR count). The lowest BCUT2D eigenvalue weighted by Crippen LogP contribution is -2.31. The van der Waals surface area contributed by atoms with E-state index in [-0.39, 0.29) is 16.8 Å². The van der Waals surface area contributed by atoms with Crippen molar-refractivity contribution in [2.75, 3.05) is 6.61 Å². The van der Waals surface area contributed by atoms with Crippen molar-refractivity contribution in [3.63, 3.8) is 0 Å². The van der Waals surface area contributed by atoms with Crippen molar-refractivity contribution >= 4 is 46.7 Å². The maximum absolute atomic E-state index is 11.9. The summed E-state index contributed by atoms with van der Waals surface area (Å²) in [6.45, 7) is 1.37. The van der Waals surface area contributed by atoms with Gasteiger partial charge in [0.1, 0.15) is 5.15 Å². The third kappa shape index (κ3) is 5.09. The van der Waals surface area contributed by atoms with Crippen molar-refractivity contribution < 1.29 is 14.3 Å². The van der Waals surface area contributed by atoms with Gasteiger partial charge in [-0.3, -0.25) is 4.79 Å². The molecule has 1 amide bonds. The Morgan fingerprint density at radius 2 is 1.92 bits per heavy atom. The molecule has 1 N–H and O–H groups in total. The highest BCUT2D eigenvalue weighted by molar-refractivity contribution is 6.42. The number of hydrogen-bond acceptors (Lipinski definition) is 4. The summed E-state index contributed by atoms with van der Waals surface area (Å²) in [5, 5.41) is 3.80. The van der Waals surface area contributed by atoms with Crippen LogP contribution in [-0.2, 0) is 9.53 Å². The molecule has 1 aromatic carbocycles. The first-order valence-electron chi connectivity index (χ1n) is 6.90. The number of hydrogen-bond donors (Lipinski definition) is 1. The highest BCUT2D eigenvalue weighted by Gasteiger charge is 2.14. The second kappa shape index (κ2) is 8.33. The first kappa shape index (κ1) is 18.5. The number of rotatable bonds is 5. The molecular weight excluding hydrogens is 375 g/mol. The zero-order chi connectivity index (χ0) is 17.7. The van der Waals surface area contributed by atoms with Gasteiger partial charge in [0.25, 0.3) is 5.91 Å². The van der Waals surface area contributed by atoms with E-state index in [2.05, 4.69) is 10.3 Å². The molecule has 8 heteroatoms. The van der Waals surface area contributed by atoms with Gasteiger partial charge in [-0.1, -0.05) is 40.9 Å². The second-order valence-electron chi connectivity index (χ2n) is 4.91. The van der Waals surface area contributed by atoms with Crippen molar-refractivity contribution in [3.05, 3.63) is 62.9 Å². The van der Waals surface area contributed by atoms with Crippen molar-refractivity contribution in [2.45, 2.75) is 13.0 Å². The van der Waals surface area contributed by atoms with Crippen LogP contribution >= 0.6 is 34.8 Å². The number of nitrogens with zero attached hydrogens (tertiary/aromatic N) is 1. The lowest BCUT2D eigenvalue weighted by molar-refractivity contribution is -0.124. The predicted molar refractivity (Wildman–Crippen MR) is 92.5 cm³/mol. The molecule has 5 nitrogen and oxygen atoms in total. The number of aromatic nitrogens is 1. The predicted octanol–water partition coefficient (Wildman–Crippen LogP) is 4.08. The Bertz CT molecular complexity index is 751. The number of benzene rings is 1. The molecule has 0 aliphatic rings. The van der Waals surface area contributed by atoms with Crippen LogP contribution in [0.2, 0.25) is 15.2 Å². The topological polar surface area (TPSA) is 68.3 Å². The molecule has 1 aromatic heterocycles. The van der Waals surface area contributed by atoms with E-state index >= 15 is 0 Å². The maximum atomic E-state index is 11.9. The van der Waals surface area contributed by atoms with Gasteiger partial charge in [-0.05, 0) is 36.8 Å². The number of ether oxygens (including phenoxy) is 1. The maximum Gasteiger partial charge on any atom is 0.340 e. The number of nitrogens with one attached hydrogen (secondary N) is 1. The highest BCUT2D eigenvalue weighted by Crippen LogP contribution is 2.25. The molecule has 126 valence electrons. The zero-order valence-electron chi connectivity index (χ0n) is 12.6. The molecule has 0 spiro atoms. The third-order valence-corrected chi connectivity index (χ3v) is 4.08. The molecule has 0 radical (unpaired) electrons. The Hall–Kier alpha value is -1.82. The molecule has 1 atom stereocenters. The van der Waals surface area contributed by atoms with Crippen LogP contribution in [0.5, 0.6) is 0 Å². The number of halogens is 3. The number of esters is 1. The van der Waals surface area contributed by atoms with Crippen LogP contribution in [0.15, 0.2) is 36.5 Å². The number of carbonyl (C=O) groups excluding carboxylic acids is 2. The molecule has 1 heterocycles. The number of carbonyl (C=O) groups is 2. The molecule has 2 aromatic rings. The number of pyridine rings is 1. The molecule has 24 heavy (non-hydrogen) atoms. The molecule has 0 aliphatic carbocycles. The van der Waals surface area contributed by atoms with Crippen molar-refractivity contribution in [1.29, 1.82) is 0 Å². The van der Waals surface area contributed by atoms with Gasteiger partial charge in [-0.25, -0.2) is 9.78 Å². The Kier molecular flexibility index (Phi) is 6.43. The first-order chi connectivity index (χ1) is 11.4. The molecule has 1 unspecified atom stereocenters. The minimum atomic E-state index is -0.656. The molecule has 0 fully saturated rings. The molecule has 0 aliphatic heterocycles. The van der Waals surface area contributed by atoms with Gasteiger partial charge in [0.2, 0.25) is 0 Å². The number of amides is 1. The van der Waals surface area contributed by atoms with Crippen molar-refractivity contribution in [3.8, 4) is 0 Å². The summed E-state index contributed by atoms with van der Waals surface area (Å²) in [5.41, 5.74) is 0.996. The van der Waals surface area contributed by atoms with Gasteiger partial charge < -0.3 is 10.1 Å². The van der Waals surface area contributed by atoms with Gasteiger partial charge in [0, 0.05) is 6.20 Å². The zero-order valence-corrected chi connectivity index (χ0v) is 14.8. The minimum absolute atomic E-state index is 0.213. The van der Waals surface area contributed by atoms with Gasteiger partial charge in [-0.2, -0.15) is 0 Å². The van der Waals surface area contributed by atoms with E-state index in [1.807, 2.05) is 0 Å². The lowest BCUT2D eigenvalue weighted by atomic mass is 10.1. The Morgan fingerprint density at radius 3 is 2.54 bits per heavy atom. The summed E-state index contributed by atoms with van der Waals surface area (Å²) in [4.78, 5) is 27.4. The van der Waals surface area contributed by atoms with Crippen LogP contribution in [0.4, 0.5) is 0 Å². The summed E-state index contributed by atoms with van der Waals surface area (Å²) in [5.74, 6) is -1.10. The summed E-state index contributed by atoms with van der Waals surface area (Å²) >= 11 is 17.4. The van der Waals surface area contributed by atoms with Crippen molar-refractivity contribution in [2.24, 2.45) is 0 Å². The monoisotopic (exact) mass is 386 g/mol. The van der Waals surface area contributed by atoms with Gasteiger partial charge in [0.05, 0.1) is 21.7 Å². The minimum Gasteiger partial charge on any atom is -0.452 e. The largest absolute Gasteiger partial charge is 0.452 e. The average Bonchev–Trinajstić information content (AvgIpc) is 2.55. The SMILES string of the molecule is CC(NC(=O)COC(=O)c1ccc(Cl)nc1)c1ccc(Cl)c(Cl)c1. The van der Waals surface area contributed by atoms with Crippen LogP contribution in [0, 0.1) is 0 Å². The average molecular weight is 388 g/mol. The molecule has 0 saturated carbocycles. The highest BCUT2D eigenvalue weighted by atomic mass is 35.5. The van der Waals surface area contributed by atoms with E-state index < -0.39 is 18.5 Å². The molecular formula is C16H13Cl3N2O3. The van der Waals surface area contributed by atoms with Crippen LogP contribution in [-0.4, -0.2) is 23.5 Å². The fourth-order valence-electron chi connectivity index (χ4n) is 1.86. The van der Waals surface area contributed by atoms with Crippen LogP contribution in [0.3, 0.4) is 0 Å².